The van der Waals surface area contributed by atoms with Crippen LogP contribution in [0.4, 0.5) is 0 Å². The highest BCUT2D eigenvalue weighted by Crippen LogP contribution is 2.11. The van der Waals surface area contributed by atoms with Crippen LogP contribution in [-0.4, -0.2) is 9.55 Å². The fourth-order valence-corrected chi connectivity index (χ4v) is 1.43. The Bertz CT molecular complexity index is 376. The van der Waals surface area contributed by atoms with Crippen LogP contribution in [0.1, 0.15) is 27.2 Å². The van der Waals surface area contributed by atoms with Crippen molar-refractivity contribution in [3.8, 4) is 0 Å². The van der Waals surface area contributed by atoms with Gasteiger partial charge in [-0.3, -0.25) is 0 Å². The molecule has 0 radical (unpaired) electrons. The maximum Gasteiger partial charge on any atom is 0.0958 e. The van der Waals surface area contributed by atoms with E-state index in [0.29, 0.717) is 0 Å². The third-order valence-corrected chi connectivity index (χ3v) is 1.99. The molecule has 0 bridgehead atoms. The lowest BCUT2D eigenvalue weighted by Crippen LogP contribution is -1.92. The molecule has 76 valence electrons. The highest BCUT2D eigenvalue weighted by molar-refractivity contribution is 5.74. The van der Waals surface area contributed by atoms with Crippen molar-refractivity contribution >= 4 is 11.0 Å². The summed E-state index contributed by atoms with van der Waals surface area (Å²) in [4.78, 5) is 4.30. The maximum atomic E-state index is 4.30. The Kier molecular flexibility index (Phi) is 4.17. The summed E-state index contributed by atoms with van der Waals surface area (Å²) in [7, 11) is 0. The Hall–Kier alpha value is -1.31. The fourth-order valence-electron chi connectivity index (χ4n) is 1.43. The number of fused-ring (bicyclic) bond motifs is 1. The minimum absolute atomic E-state index is 1.06. The maximum absolute atomic E-state index is 4.30. The van der Waals surface area contributed by atoms with Gasteiger partial charge >= 0.3 is 0 Å². The molecular weight excluding hydrogens is 172 g/mol. The normalized spacial score (nSPS) is 9.64. The van der Waals surface area contributed by atoms with Gasteiger partial charge in [0, 0.05) is 6.54 Å². The summed E-state index contributed by atoms with van der Waals surface area (Å²) in [6, 6.07) is 8.22. The van der Waals surface area contributed by atoms with E-state index < -0.39 is 0 Å². The van der Waals surface area contributed by atoms with Gasteiger partial charge in [-0.25, -0.2) is 4.98 Å². The number of hydrogen-bond donors (Lipinski definition) is 0. The minimum Gasteiger partial charge on any atom is -0.331 e. The SMILES string of the molecule is CC.CCCn1cnc2ccccc21. The van der Waals surface area contributed by atoms with Crippen molar-refractivity contribution < 1.29 is 0 Å². The summed E-state index contributed by atoms with van der Waals surface area (Å²) >= 11 is 0. The van der Waals surface area contributed by atoms with Crippen LogP contribution in [0.2, 0.25) is 0 Å². The lowest BCUT2D eigenvalue weighted by Gasteiger charge is -1.99. The molecule has 1 aromatic carbocycles. The van der Waals surface area contributed by atoms with E-state index in [1.807, 2.05) is 32.3 Å². The summed E-state index contributed by atoms with van der Waals surface area (Å²) in [6.45, 7) is 7.23. The van der Waals surface area contributed by atoms with E-state index in [2.05, 4.69) is 28.6 Å². The molecule has 0 saturated carbocycles. The lowest BCUT2D eigenvalue weighted by atomic mass is 10.3. The molecule has 1 heterocycles. The first kappa shape index (κ1) is 10.8. The van der Waals surface area contributed by atoms with Crippen LogP contribution in [0.25, 0.3) is 11.0 Å². The number of imidazole rings is 1. The molecule has 0 spiro atoms. The predicted octanol–water partition coefficient (Wildman–Crippen LogP) is 3.47. The Morgan fingerprint density at radius 1 is 1.21 bits per heavy atom. The zero-order valence-electron chi connectivity index (χ0n) is 9.20. The summed E-state index contributed by atoms with van der Waals surface area (Å²) in [5.41, 5.74) is 2.32. The minimum atomic E-state index is 1.06. The van der Waals surface area contributed by atoms with Crippen LogP contribution >= 0.6 is 0 Å². The molecular formula is C12H18N2. The number of aromatic nitrogens is 2. The van der Waals surface area contributed by atoms with Crippen LogP contribution in [0, 0.1) is 0 Å². The molecule has 0 aliphatic carbocycles. The molecule has 2 nitrogen and oxygen atoms in total. The summed E-state index contributed by atoms with van der Waals surface area (Å²) in [6.07, 6.45) is 3.06. The van der Waals surface area contributed by atoms with Gasteiger partial charge in [0.1, 0.15) is 0 Å². The fraction of sp³-hybridized carbons (Fsp3) is 0.417. The third kappa shape index (κ3) is 2.13. The smallest absolute Gasteiger partial charge is 0.0958 e. The molecule has 0 N–H and O–H groups in total. The quantitative estimate of drug-likeness (QED) is 0.709. The van der Waals surface area contributed by atoms with Crippen LogP contribution < -0.4 is 0 Å². The Morgan fingerprint density at radius 3 is 2.64 bits per heavy atom. The van der Waals surface area contributed by atoms with Gasteiger partial charge in [-0.2, -0.15) is 0 Å². The second-order valence-electron chi connectivity index (χ2n) is 2.93. The molecule has 0 saturated heterocycles. The number of aryl methyl sites for hydroxylation is 1. The number of rotatable bonds is 2. The van der Waals surface area contributed by atoms with E-state index in [1.165, 1.54) is 5.52 Å². The van der Waals surface area contributed by atoms with Gasteiger partial charge in [-0.15, -0.1) is 0 Å². The van der Waals surface area contributed by atoms with Gasteiger partial charge in [-0.05, 0) is 18.6 Å². The van der Waals surface area contributed by atoms with E-state index in [4.69, 9.17) is 0 Å². The number of benzene rings is 1. The van der Waals surface area contributed by atoms with E-state index in [0.717, 1.165) is 18.5 Å². The van der Waals surface area contributed by atoms with Crippen molar-refractivity contribution in [2.24, 2.45) is 0 Å². The zero-order chi connectivity index (χ0) is 10.4. The molecule has 0 aliphatic heterocycles. The average molecular weight is 190 g/mol. The molecule has 14 heavy (non-hydrogen) atoms. The largest absolute Gasteiger partial charge is 0.331 e. The van der Waals surface area contributed by atoms with Crippen LogP contribution in [0.5, 0.6) is 0 Å². The van der Waals surface area contributed by atoms with E-state index in [9.17, 15) is 0 Å². The molecule has 2 heteroatoms. The summed E-state index contributed by atoms with van der Waals surface area (Å²) in [5.74, 6) is 0. The Morgan fingerprint density at radius 2 is 1.93 bits per heavy atom. The van der Waals surface area contributed by atoms with E-state index >= 15 is 0 Å². The number of hydrogen-bond acceptors (Lipinski definition) is 1. The molecule has 2 rings (SSSR count). The highest BCUT2D eigenvalue weighted by atomic mass is 15.0. The van der Waals surface area contributed by atoms with Crippen LogP contribution in [-0.2, 0) is 6.54 Å². The number of para-hydroxylation sites is 2. The monoisotopic (exact) mass is 190 g/mol. The van der Waals surface area contributed by atoms with Gasteiger partial charge in [-0.1, -0.05) is 32.9 Å². The molecule has 0 amide bonds. The second-order valence-corrected chi connectivity index (χ2v) is 2.93. The third-order valence-electron chi connectivity index (χ3n) is 1.99. The molecule has 0 aliphatic rings. The Labute approximate surface area is 85.6 Å². The van der Waals surface area contributed by atoms with Crippen LogP contribution in [0.15, 0.2) is 30.6 Å². The summed E-state index contributed by atoms with van der Waals surface area (Å²) in [5, 5.41) is 0. The van der Waals surface area contributed by atoms with Gasteiger partial charge in [0.15, 0.2) is 0 Å². The molecule has 0 atom stereocenters. The van der Waals surface area contributed by atoms with E-state index in [1.54, 1.807) is 0 Å². The molecule has 0 unspecified atom stereocenters. The predicted molar refractivity (Wildman–Crippen MR) is 61.4 cm³/mol. The second kappa shape index (κ2) is 5.43. The van der Waals surface area contributed by atoms with Crippen molar-refractivity contribution in [1.82, 2.24) is 9.55 Å². The van der Waals surface area contributed by atoms with Crippen molar-refractivity contribution in [3.63, 3.8) is 0 Å². The molecule has 0 fully saturated rings. The molecule has 2 aromatic rings. The lowest BCUT2D eigenvalue weighted by molar-refractivity contribution is 0.697. The van der Waals surface area contributed by atoms with Gasteiger partial charge in [0.05, 0.1) is 17.4 Å². The highest BCUT2D eigenvalue weighted by Gasteiger charge is 1.98. The van der Waals surface area contributed by atoms with Crippen molar-refractivity contribution in [1.29, 1.82) is 0 Å². The number of nitrogens with zero attached hydrogens (tertiary/aromatic N) is 2. The van der Waals surface area contributed by atoms with Gasteiger partial charge in [0.2, 0.25) is 0 Å². The topological polar surface area (TPSA) is 17.8 Å². The van der Waals surface area contributed by atoms with Crippen LogP contribution in [0.3, 0.4) is 0 Å². The first-order valence-corrected chi connectivity index (χ1v) is 5.31. The van der Waals surface area contributed by atoms with E-state index in [-0.39, 0.29) is 0 Å². The van der Waals surface area contributed by atoms with Crippen molar-refractivity contribution in [2.75, 3.05) is 0 Å². The Balaban J connectivity index is 0.000000461. The summed E-state index contributed by atoms with van der Waals surface area (Å²) < 4.78 is 2.19. The average Bonchev–Trinajstić information content (AvgIpc) is 2.66. The first-order chi connectivity index (χ1) is 6.92. The zero-order valence-corrected chi connectivity index (χ0v) is 9.20. The van der Waals surface area contributed by atoms with Crippen molar-refractivity contribution in [2.45, 2.75) is 33.7 Å². The standard InChI is InChI=1S/C10H12N2.C2H6/c1-2-7-12-8-11-9-5-3-4-6-10(9)12;1-2/h3-6,8H,2,7H2,1H3;1-2H3. The first-order valence-electron chi connectivity index (χ1n) is 5.31. The van der Waals surface area contributed by atoms with Gasteiger partial charge in [0.25, 0.3) is 0 Å². The van der Waals surface area contributed by atoms with Crippen molar-refractivity contribution in [3.05, 3.63) is 30.6 Å². The molecule has 1 aromatic heterocycles. The van der Waals surface area contributed by atoms with Gasteiger partial charge < -0.3 is 4.57 Å².